The van der Waals surface area contributed by atoms with E-state index in [9.17, 15) is 9.59 Å². The number of hydrogen-bond donors (Lipinski definition) is 4. The van der Waals surface area contributed by atoms with Gasteiger partial charge in [0.05, 0.1) is 6.04 Å². The molecule has 0 aliphatic heterocycles. The van der Waals surface area contributed by atoms with Crippen LogP contribution in [0.15, 0.2) is 0 Å². The summed E-state index contributed by atoms with van der Waals surface area (Å²) in [6.07, 6.45) is 3.57. The molecule has 1 amide bonds. The molecule has 0 aromatic carbocycles. The average Bonchev–Trinajstić information content (AvgIpc) is 2.37. The highest BCUT2D eigenvalue weighted by Crippen LogP contribution is 2.04. The summed E-state index contributed by atoms with van der Waals surface area (Å²) in [4.78, 5) is 22.7. The van der Waals surface area contributed by atoms with Crippen molar-refractivity contribution in [1.82, 2.24) is 11.1 Å². The third kappa shape index (κ3) is 8.52. The van der Waals surface area contributed by atoms with Gasteiger partial charge >= 0.3 is 5.97 Å². The summed E-state index contributed by atoms with van der Waals surface area (Å²) in [5.41, 5.74) is 18.3. The molecule has 0 aliphatic rings. The normalized spacial score (nSPS) is 13.8. The topological polar surface area (TPSA) is 142 Å². The molecule has 0 bridgehead atoms. The smallest absolute Gasteiger partial charge is 0.326 e. The van der Waals surface area contributed by atoms with Crippen LogP contribution >= 0.6 is 0 Å². The lowest BCUT2D eigenvalue weighted by atomic mass is 10.1. The van der Waals surface area contributed by atoms with E-state index in [4.69, 9.17) is 22.3 Å². The zero-order valence-corrected chi connectivity index (χ0v) is 11.2. The van der Waals surface area contributed by atoms with Gasteiger partial charge in [0, 0.05) is 0 Å². The summed E-state index contributed by atoms with van der Waals surface area (Å²) in [6.45, 7) is 1.03. The minimum Gasteiger partial charge on any atom is -0.480 e. The summed E-state index contributed by atoms with van der Waals surface area (Å²) in [7, 11) is 0. The molecule has 0 heterocycles. The van der Waals surface area contributed by atoms with Gasteiger partial charge in [-0.3, -0.25) is 4.79 Å². The first kappa shape index (κ1) is 17.8. The van der Waals surface area contributed by atoms with E-state index in [1.807, 2.05) is 0 Å². The molecular formula is C12H25N4O3. The third-order valence-corrected chi connectivity index (χ3v) is 2.82. The Morgan fingerprint density at radius 1 is 1.05 bits per heavy atom. The molecule has 0 aromatic heterocycles. The zero-order chi connectivity index (χ0) is 14.7. The lowest BCUT2D eigenvalue weighted by Crippen LogP contribution is -2.46. The van der Waals surface area contributed by atoms with Crippen molar-refractivity contribution in [3.8, 4) is 0 Å². The van der Waals surface area contributed by atoms with Gasteiger partial charge in [-0.15, -0.1) is 0 Å². The first-order valence-corrected chi connectivity index (χ1v) is 6.67. The number of nitrogens with one attached hydrogen (secondary N) is 2. The van der Waals surface area contributed by atoms with Crippen LogP contribution in [0.1, 0.15) is 38.5 Å². The molecule has 0 fully saturated rings. The highest BCUT2D eigenvalue weighted by atomic mass is 16.4. The fourth-order valence-corrected chi connectivity index (χ4v) is 1.65. The van der Waals surface area contributed by atoms with Crippen LogP contribution in [0.2, 0.25) is 0 Å². The Kier molecular flexibility index (Phi) is 10.1. The van der Waals surface area contributed by atoms with Gasteiger partial charge in [-0.05, 0) is 45.2 Å². The van der Waals surface area contributed by atoms with E-state index < -0.39 is 24.0 Å². The number of aliphatic carboxylic acids is 1. The summed E-state index contributed by atoms with van der Waals surface area (Å²) in [6, 6.07) is -1.86. The molecule has 2 atom stereocenters. The average molecular weight is 273 g/mol. The van der Waals surface area contributed by atoms with Crippen LogP contribution in [0.25, 0.3) is 0 Å². The Morgan fingerprint density at radius 2 is 1.58 bits per heavy atom. The minimum atomic E-state index is -1.07. The van der Waals surface area contributed by atoms with Gasteiger partial charge in [-0.25, -0.2) is 10.5 Å². The lowest BCUT2D eigenvalue weighted by Gasteiger charge is -2.17. The molecule has 19 heavy (non-hydrogen) atoms. The number of amides is 1. The molecule has 0 aromatic rings. The second kappa shape index (κ2) is 10.7. The number of carbonyl (C=O) groups is 2. The molecule has 7 N–H and O–H groups in total. The number of rotatable bonds is 11. The molecule has 0 spiro atoms. The monoisotopic (exact) mass is 273 g/mol. The number of carboxylic acid groups (broad SMARTS) is 1. The van der Waals surface area contributed by atoms with Crippen molar-refractivity contribution in [2.24, 2.45) is 11.5 Å². The number of hydrogen-bond acceptors (Lipinski definition) is 4. The zero-order valence-electron chi connectivity index (χ0n) is 11.2. The molecule has 0 aliphatic carbocycles. The largest absolute Gasteiger partial charge is 0.480 e. The van der Waals surface area contributed by atoms with Crippen molar-refractivity contribution in [3.05, 3.63) is 0 Å². The van der Waals surface area contributed by atoms with Crippen molar-refractivity contribution in [1.29, 1.82) is 0 Å². The van der Waals surface area contributed by atoms with Crippen LogP contribution in [0.5, 0.6) is 0 Å². The summed E-state index contributed by atoms with van der Waals surface area (Å²) >= 11 is 0. The molecule has 0 saturated carbocycles. The van der Waals surface area contributed by atoms with Crippen LogP contribution in [-0.4, -0.2) is 42.2 Å². The lowest BCUT2D eigenvalue weighted by molar-refractivity contribution is -0.142. The van der Waals surface area contributed by atoms with E-state index in [-0.39, 0.29) is 0 Å². The molecule has 111 valence electrons. The van der Waals surface area contributed by atoms with Gasteiger partial charge in [0.15, 0.2) is 0 Å². The van der Waals surface area contributed by atoms with Crippen molar-refractivity contribution in [3.63, 3.8) is 0 Å². The van der Waals surface area contributed by atoms with E-state index in [1.165, 1.54) is 0 Å². The van der Waals surface area contributed by atoms with Gasteiger partial charge in [-0.1, -0.05) is 6.42 Å². The van der Waals surface area contributed by atoms with E-state index >= 15 is 0 Å². The Labute approximate surface area is 113 Å². The SMILES string of the molecule is [NH]C(CCCCN)C(=O)NC(CCCCN)C(=O)O. The van der Waals surface area contributed by atoms with E-state index in [2.05, 4.69) is 5.32 Å². The number of carbonyl (C=O) groups excluding carboxylic acids is 1. The van der Waals surface area contributed by atoms with Crippen LogP contribution in [0.3, 0.4) is 0 Å². The Hall–Kier alpha value is -1.18. The van der Waals surface area contributed by atoms with Crippen LogP contribution in [0.4, 0.5) is 0 Å². The molecule has 0 saturated heterocycles. The fourth-order valence-electron chi connectivity index (χ4n) is 1.65. The van der Waals surface area contributed by atoms with E-state index in [0.29, 0.717) is 38.8 Å². The summed E-state index contributed by atoms with van der Waals surface area (Å²) in [5, 5.41) is 11.4. The first-order chi connectivity index (χ1) is 9.02. The number of unbranched alkanes of at least 4 members (excludes halogenated alkanes) is 2. The second-order valence-corrected chi connectivity index (χ2v) is 4.52. The maximum absolute atomic E-state index is 11.7. The molecule has 0 rings (SSSR count). The number of carboxylic acids is 1. The van der Waals surface area contributed by atoms with E-state index in [1.54, 1.807) is 0 Å². The minimum absolute atomic E-state index is 0.341. The second-order valence-electron chi connectivity index (χ2n) is 4.52. The highest BCUT2D eigenvalue weighted by molar-refractivity contribution is 5.86. The Balaban J connectivity index is 4.11. The Morgan fingerprint density at radius 3 is 2.05 bits per heavy atom. The molecule has 7 heteroatoms. The summed E-state index contributed by atoms with van der Waals surface area (Å²) < 4.78 is 0. The number of nitrogens with two attached hydrogens (primary N) is 2. The van der Waals surface area contributed by atoms with Gasteiger partial charge in [0.1, 0.15) is 6.04 Å². The molecular weight excluding hydrogens is 248 g/mol. The molecule has 2 unspecified atom stereocenters. The standard InChI is InChI=1S/C12H25N4O3/c13-7-3-1-5-9(15)11(17)16-10(12(18)19)6-2-4-8-14/h9-10,15H,1-8,13-14H2,(H,16,17)(H,18,19). The van der Waals surface area contributed by atoms with E-state index in [0.717, 1.165) is 12.8 Å². The third-order valence-electron chi connectivity index (χ3n) is 2.82. The van der Waals surface area contributed by atoms with Crippen LogP contribution in [-0.2, 0) is 9.59 Å². The molecule has 7 nitrogen and oxygen atoms in total. The molecule has 1 radical (unpaired) electrons. The first-order valence-electron chi connectivity index (χ1n) is 6.67. The van der Waals surface area contributed by atoms with Crippen molar-refractivity contribution < 1.29 is 14.7 Å². The predicted octanol–water partition coefficient (Wildman–Crippen LogP) is -0.535. The van der Waals surface area contributed by atoms with Crippen molar-refractivity contribution >= 4 is 11.9 Å². The van der Waals surface area contributed by atoms with Gasteiger partial charge < -0.3 is 21.9 Å². The maximum Gasteiger partial charge on any atom is 0.326 e. The van der Waals surface area contributed by atoms with Crippen LogP contribution in [0, 0.1) is 0 Å². The quantitative estimate of drug-likeness (QED) is 0.374. The van der Waals surface area contributed by atoms with Crippen molar-refractivity contribution in [2.45, 2.75) is 50.6 Å². The van der Waals surface area contributed by atoms with Gasteiger partial charge in [-0.2, -0.15) is 0 Å². The fraction of sp³-hybridized carbons (Fsp3) is 0.833. The van der Waals surface area contributed by atoms with Gasteiger partial charge in [0.25, 0.3) is 0 Å². The maximum atomic E-state index is 11.7. The highest BCUT2D eigenvalue weighted by Gasteiger charge is 2.22. The van der Waals surface area contributed by atoms with Crippen LogP contribution < -0.4 is 22.5 Å². The summed E-state index contributed by atoms with van der Waals surface area (Å²) in [5.74, 6) is -1.60. The Bertz CT molecular complexity index is 274. The predicted molar refractivity (Wildman–Crippen MR) is 72.3 cm³/mol. The van der Waals surface area contributed by atoms with Crippen molar-refractivity contribution in [2.75, 3.05) is 13.1 Å². The van der Waals surface area contributed by atoms with Gasteiger partial charge in [0.2, 0.25) is 5.91 Å².